The van der Waals surface area contributed by atoms with Crippen LogP contribution in [0.3, 0.4) is 0 Å². The number of carbonyl (C=O) groups is 1. The summed E-state index contributed by atoms with van der Waals surface area (Å²) in [6, 6.07) is 0. The SMILES string of the molecule is CCCCCCCCCCCCCC[C@H](O)C(=O)C(CO)[C@H](O)CCCCCCCCCCCCCCCN. The third-order valence-electron chi connectivity index (χ3n) is 8.39. The van der Waals surface area contributed by atoms with Gasteiger partial charge >= 0.3 is 0 Å². The third kappa shape index (κ3) is 25.0. The summed E-state index contributed by atoms with van der Waals surface area (Å²) >= 11 is 0. The number of Topliss-reactive ketones (excluding diaryl/α,β-unsaturated/α-hetero) is 1. The Bertz CT molecular complexity index is 502. The molecule has 5 nitrogen and oxygen atoms in total. The van der Waals surface area contributed by atoms with Gasteiger partial charge in [0.2, 0.25) is 0 Å². The van der Waals surface area contributed by atoms with Crippen LogP contribution in [-0.4, -0.2) is 46.5 Å². The Hall–Kier alpha value is -0.490. The lowest BCUT2D eigenvalue weighted by atomic mass is 9.89. The van der Waals surface area contributed by atoms with Crippen LogP contribution >= 0.6 is 0 Å². The van der Waals surface area contributed by atoms with E-state index in [2.05, 4.69) is 6.92 Å². The van der Waals surface area contributed by atoms with E-state index in [0.717, 1.165) is 51.5 Å². The summed E-state index contributed by atoms with van der Waals surface area (Å²) < 4.78 is 0. The molecule has 0 rings (SSSR count). The zero-order chi connectivity index (χ0) is 28.8. The van der Waals surface area contributed by atoms with Gasteiger partial charge in [-0.25, -0.2) is 0 Å². The topological polar surface area (TPSA) is 104 Å². The van der Waals surface area contributed by atoms with Crippen LogP contribution in [0.15, 0.2) is 0 Å². The summed E-state index contributed by atoms with van der Waals surface area (Å²) in [5.74, 6) is -1.24. The van der Waals surface area contributed by atoms with Crippen LogP contribution in [0.5, 0.6) is 0 Å². The van der Waals surface area contributed by atoms with Gasteiger partial charge in [-0.1, -0.05) is 161 Å². The van der Waals surface area contributed by atoms with E-state index in [0.29, 0.717) is 12.8 Å². The van der Waals surface area contributed by atoms with Gasteiger partial charge in [-0.15, -0.1) is 0 Å². The maximum Gasteiger partial charge on any atom is 0.169 e. The lowest BCUT2D eigenvalue weighted by Crippen LogP contribution is -2.38. The molecule has 0 aliphatic heterocycles. The summed E-state index contributed by atoms with van der Waals surface area (Å²) in [6.45, 7) is 2.69. The molecule has 234 valence electrons. The molecule has 3 atom stereocenters. The first-order valence-electron chi connectivity index (χ1n) is 17.3. The summed E-state index contributed by atoms with van der Waals surface area (Å²) in [4.78, 5) is 12.6. The number of carbonyl (C=O) groups excluding carboxylic acids is 1. The normalized spacial score (nSPS) is 14.0. The van der Waals surface area contributed by atoms with Crippen LogP contribution < -0.4 is 5.73 Å². The standard InChI is InChI=1S/C34H69NO4/c1-2-3-4-5-6-7-8-12-16-19-22-25-28-33(38)34(39)31(30-36)32(37)27-24-21-18-15-13-10-9-11-14-17-20-23-26-29-35/h31-33,36-38H,2-30,35H2,1H3/t31?,32-,33+/m1/s1. The average Bonchev–Trinajstić information content (AvgIpc) is 2.94. The minimum Gasteiger partial charge on any atom is -0.396 e. The molecule has 0 aromatic heterocycles. The third-order valence-corrected chi connectivity index (χ3v) is 8.39. The summed E-state index contributed by atoms with van der Waals surface area (Å²) in [7, 11) is 0. The zero-order valence-electron chi connectivity index (χ0n) is 26.1. The van der Waals surface area contributed by atoms with Crippen molar-refractivity contribution in [3.05, 3.63) is 0 Å². The van der Waals surface area contributed by atoms with Crippen molar-refractivity contribution in [1.29, 1.82) is 0 Å². The van der Waals surface area contributed by atoms with E-state index in [9.17, 15) is 20.1 Å². The van der Waals surface area contributed by atoms with Crippen molar-refractivity contribution >= 4 is 5.78 Å². The van der Waals surface area contributed by atoms with E-state index < -0.39 is 18.1 Å². The molecule has 0 saturated heterocycles. The highest BCUT2D eigenvalue weighted by molar-refractivity contribution is 5.85. The summed E-state index contributed by atoms with van der Waals surface area (Å²) in [5.41, 5.74) is 5.52. The number of hydrogen-bond acceptors (Lipinski definition) is 5. The smallest absolute Gasteiger partial charge is 0.169 e. The van der Waals surface area contributed by atoms with Crippen molar-refractivity contribution in [1.82, 2.24) is 0 Å². The first-order valence-corrected chi connectivity index (χ1v) is 17.3. The van der Waals surface area contributed by atoms with E-state index in [-0.39, 0.29) is 12.4 Å². The lowest BCUT2D eigenvalue weighted by molar-refractivity contribution is -0.137. The molecule has 0 aliphatic carbocycles. The van der Waals surface area contributed by atoms with E-state index in [1.807, 2.05) is 0 Å². The van der Waals surface area contributed by atoms with Crippen molar-refractivity contribution in [3.8, 4) is 0 Å². The molecule has 0 bridgehead atoms. The van der Waals surface area contributed by atoms with Crippen LogP contribution in [0.25, 0.3) is 0 Å². The van der Waals surface area contributed by atoms with E-state index in [4.69, 9.17) is 5.73 Å². The molecule has 5 heteroatoms. The molecule has 0 amide bonds. The fourth-order valence-corrected chi connectivity index (χ4v) is 5.61. The number of hydrogen-bond donors (Lipinski definition) is 4. The molecule has 39 heavy (non-hydrogen) atoms. The zero-order valence-corrected chi connectivity index (χ0v) is 26.1. The minimum absolute atomic E-state index is 0.382. The van der Waals surface area contributed by atoms with Gasteiger partial charge in [0.15, 0.2) is 5.78 Å². The highest BCUT2D eigenvalue weighted by Crippen LogP contribution is 2.19. The molecule has 0 radical (unpaired) electrons. The average molecular weight is 556 g/mol. The predicted molar refractivity (Wildman–Crippen MR) is 167 cm³/mol. The second-order valence-corrected chi connectivity index (χ2v) is 12.1. The van der Waals surface area contributed by atoms with Crippen LogP contribution in [0.1, 0.15) is 180 Å². The molecule has 0 aromatic rings. The van der Waals surface area contributed by atoms with Crippen molar-refractivity contribution in [2.24, 2.45) is 11.7 Å². The van der Waals surface area contributed by atoms with E-state index in [1.165, 1.54) is 116 Å². The van der Waals surface area contributed by atoms with Crippen molar-refractivity contribution < 1.29 is 20.1 Å². The predicted octanol–water partition coefficient (Wildman–Crippen LogP) is 8.40. The van der Waals surface area contributed by atoms with Crippen LogP contribution in [-0.2, 0) is 4.79 Å². The lowest BCUT2D eigenvalue weighted by Gasteiger charge is -2.22. The summed E-state index contributed by atoms with van der Waals surface area (Å²) in [5, 5.41) is 30.5. The molecule has 0 aromatic carbocycles. The van der Waals surface area contributed by atoms with Crippen molar-refractivity contribution in [2.45, 2.75) is 192 Å². The van der Waals surface area contributed by atoms with Gasteiger partial charge in [0.05, 0.1) is 18.6 Å². The maximum absolute atomic E-state index is 12.6. The number of rotatable bonds is 32. The van der Waals surface area contributed by atoms with Gasteiger partial charge < -0.3 is 21.1 Å². The second kappa shape index (κ2) is 30.5. The van der Waals surface area contributed by atoms with Crippen molar-refractivity contribution in [3.63, 3.8) is 0 Å². The van der Waals surface area contributed by atoms with Gasteiger partial charge in [-0.2, -0.15) is 0 Å². The molecule has 0 saturated carbocycles. The number of ketones is 1. The highest BCUT2D eigenvalue weighted by atomic mass is 16.3. The minimum atomic E-state index is -1.06. The van der Waals surface area contributed by atoms with E-state index in [1.54, 1.807) is 0 Å². The molecule has 0 spiro atoms. The maximum atomic E-state index is 12.6. The molecular weight excluding hydrogens is 486 g/mol. The van der Waals surface area contributed by atoms with Crippen LogP contribution in [0, 0.1) is 5.92 Å². The molecule has 1 unspecified atom stereocenters. The second-order valence-electron chi connectivity index (χ2n) is 12.1. The first-order chi connectivity index (χ1) is 19.1. The fourth-order valence-electron chi connectivity index (χ4n) is 5.61. The number of unbranched alkanes of at least 4 members (excludes halogenated alkanes) is 23. The molecule has 0 heterocycles. The Morgan fingerprint density at radius 1 is 0.538 bits per heavy atom. The molecule has 0 fully saturated rings. The van der Waals surface area contributed by atoms with Gasteiger partial charge in [0.1, 0.15) is 6.10 Å². The van der Waals surface area contributed by atoms with E-state index >= 15 is 0 Å². The molecular formula is C34H69NO4. The Kier molecular flexibility index (Phi) is 30.1. The number of nitrogens with two attached hydrogens (primary N) is 1. The Balaban J connectivity index is 3.70. The van der Waals surface area contributed by atoms with Gasteiger partial charge in [0, 0.05) is 0 Å². The van der Waals surface area contributed by atoms with Gasteiger partial charge in [0.25, 0.3) is 0 Å². The van der Waals surface area contributed by atoms with Crippen molar-refractivity contribution in [2.75, 3.05) is 13.2 Å². The fraction of sp³-hybridized carbons (Fsp3) is 0.971. The number of aliphatic hydroxyl groups excluding tert-OH is 3. The quantitative estimate of drug-likeness (QED) is 0.0624. The van der Waals surface area contributed by atoms with Gasteiger partial charge in [-0.3, -0.25) is 4.79 Å². The van der Waals surface area contributed by atoms with Gasteiger partial charge in [-0.05, 0) is 25.8 Å². The number of aliphatic hydroxyl groups is 3. The first kappa shape index (κ1) is 38.5. The largest absolute Gasteiger partial charge is 0.396 e. The Labute approximate surface area is 243 Å². The Morgan fingerprint density at radius 2 is 0.872 bits per heavy atom. The molecule has 5 N–H and O–H groups in total. The molecule has 0 aliphatic rings. The summed E-state index contributed by atoms with van der Waals surface area (Å²) in [6.07, 6.45) is 30.0. The Morgan fingerprint density at radius 3 is 1.23 bits per heavy atom. The highest BCUT2D eigenvalue weighted by Gasteiger charge is 2.30. The van der Waals surface area contributed by atoms with Crippen LogP contribution in [0.2, 0.25) is 0 Å². The van der Waals surface area contributed by atoms with Crippen LogP contribution in [0.4, 0.5) is 0 Å². The monoisotopic (exact) mass is 556 g/mol.